The fourth-order valence-corrected chi connectivity index (χ4v) is 1.61. The maximum absolute atomic E-state index is 11.0. The smallest absolute Gasteiger partial charge is 0.336 e. The van der Waals surface area contributed by atoms with E-state index in [1.807, 2.05) is 0 Å². The molecule has 7 heteroatoms. The molecule has 0 fully saturated rings. The Balaban J connectivity index is 3.15. The molecule has 0 spiro atoms. The summed E-state index contributed by atoms with van der Waals surface area (Å²) in [5.41, 5.74) is 10.1. The highest BCUT2D eigenvalue weighted by atomic mass is 16.4. The predicted octanol–water partition coefficient (Wildman–Crippen LogP) is -0.763. The number of anilines is 1. The highest BCUT2D eigenvalue weighted by Gasteiger charge is 2.26. The number of amides is 1. The second-order valence-electron chi connectivity index (χ2n) is 3.80. The monoisotopic (exact) mass is 254 g/mol. The Hall–Kier alpha value is -2.12. The molecule has 0 aliphatic heterocycles. The van der Waals surface area contributed by atoms with Crippen LogP contribution in [0.2, 0.25) is 0 Å². The van der Waals surface area contributed by atoms with Crippen molar-refractivity contribution < 1.29 is 24.9 Å². The van der Waals surface area contributed by atoms with Crippen molar-refractivity contribution in [2.24, 2.45) is 5.73 Å². The van der Waals surface area contributed by atoms with Crippen LogP contribution in [0.25, 0.3) is 0 Å². The van der Waals surface area contributed by atoms with Gasteiger partial charge in [0.2, 0.25) is 5.91 Å². The minimum atomic E-state index is -1.59. The van der Waals surface area contributed by atoms with Gasteiger partial charge in [-0.2, -0.15) is 0 Å². The van der Waals surface area contributed by atoms with Crippen molar-refractivity contribution in [2.75, 3.05) is 5.73 Å². The lowest BCUT2D eigenvalue weighted by Gasteiger charge is -2.20. The molecule has 1 rings (SSSR count). The van der Waals surface area contributed by atoms with E-state index in [1.54, 1.807) is 0 Å². The van der Waals surface area contributed by atoms with Crippen molar-refractivity contribution in [1.82, 2.24) is 0 Å². The van der Waals surface area contributed by atoms with Crippen molar-refractivity contribution in [3.63, 3.8) is 0 Å². The summed E-state index contributed by atoms with van der Waals surface area (Å²) in [4.78, 5) is 21.6. The number of primary amides is 1. The minimum Gasteiger partial charge on any atom is -0.478 e. The van der Waals surface area contributed by atoms with E-state index in [1.165, 1.54) is 18.2 Å². The van der Waals surface area contributed by atoms with Gasteiger partial charge >= 0.3 is 5.97 Å². The molecule has 1 aromatic rings. The number of carboxylic acids is 1. The molecule has 7 N–H and O–H groups in total. The molecule has 98 valence electrons. The van der Waals surface area contributed by atoms with Crippen LogP contribution in [0.4, 0.5) is 5.69 Å². The second kappa shape index (κ2) is 5.48. The largest absolute Gasteiger partial charge is 0.478 e. The van der Waals surface area contributed by atoms with Crippen LogP contribution in [0.3, 0.4) is 0 Å². The average molecular weight is 254 g/mol. The molecular formula is C11H14N2O5. The maximum Gasteiger partial charge on any atom is 0.336 e. The second-order valence-corrected chi connectivity index (χ2v) is 3.80. The van der Waals surface area contributed by atoms with Gasteiger partial charge in [-0.25, -0.2) is 4.79 Å². The van der Waals surface area contributed by atoms with E-state index in [0.29, 0.717) is 0 Å². The summed E-state index contributed by atoms with van der Waals surface area (Å²) in [5, 5.41) is 28.4. The van der Waals surface area contributed by atoms with Crippen LogP contribution in [-0.2, 0) is 4.79 Å². The van der Waals surface area contributed by atoms with E-state index in [2.05, 4.69) is 0 Å². The molecule has 0 bridgehead atoms. The topological polar surface area (TPSA) is 147 Å². The third-order valence-corrected chi connectivity index (χ3v) is 2.44. The molecular weight excluding hydrogens is 240 g/mol. The van der Waals surface area contributed by atoms with E-state index in [9.17, 15) is 19.8 Å². The molecule has 18 heavy (non-hydrogen) atoms. The number of carbonyl (C=O) groups is 2. The van der Waals surface area contributed by atoms with Crippen LogP contribution < -0.4 is 11.5 Å². The van der Waals surface area contributed by atoms with Gasteiger partial charge in [0.15, 0.2) is 0 Å². The third-order valence-electron chi connectivity index (χ3n) is 2.44. The number of benzene rings is 1. The van der Waals surface area contributed by atoms with Crippen LogP contribution in [0.15, 0.2) is 18.2 Å². The number of carbonyl (C=O) groups excluding carboxylic acids is 1. The number of nitrogens with two attached hydrogens (primary N) is 2. The number of aliphatic hydroxyl groups is 2. The number of carboxylic acid groups (broad SMARTS) is 1. The number of aliphatic hydroxyl groups excluding tert-OH is 2. The summed E-state index contributed by atoms with van der Waals surface area (Å²) in [6.07, 6.45) is -3.59. The molecule has 2 atom stereocenters. The number of aromatic carboxylic acids is 1. The summed E-state index contributed by atoms with van der Waals surface area (Å²) in [6.45, 7) is 0. The Kier molecular flexibility index (Phi) is 4.24. The van der Waals surface area contributed by atoms with Crippen molar-refractivity contribution in [1.29, 1.82) is 0 Å². The Labute approximate surface area is 103 Å². The van der Waals surface area contributed by atoms with Crippen LogP contribution in [0, 0.1) is 0 Å². The van der Waals surface area contributed by atoms with Gasteiger partial charge in [0.25, 0.3) is 0 Å². The third kappa shape index (κ3) is 2.96. The van der Waals surface area contributed by atoms with Gasteiger partial charge in [0.1, 0.15) is 6.10 Å². The minimum absolute atomic E-state index is 0.0194. The number of rotatable bonds is 5. The Morgan fingerprint density at radius 1 is 1.28 bits per heavy atom. The maximum atomic E-state index is 11.0. The summed E-state index contributed by atoms with van der Waals surface area (Å²) in [6, 6.07) is 4.05. The standard InChI is InChI=1S/C11H14N2O5/c12-6-3-1-2-5(11(17)18)9(6)10(16)7(14)4-8(13)15/h1-3,7,10,14,16H,4,12H2,(H2,13,15)(H,17,18). The van der Waals surface area contributed by atoms with E-state index in [-0.39, 0.29) is 16.8 Å². The van der Waals surface area contributed by atoms with Crippen molar-refractivity contribution >= 4 is 17.6 Å². The normalized spacial score (nSPS) is 13.9. The van der Waals surface area contributed by atoms with Gasteiger partial charge in [-0.15, -0.1) is 0 Å². The number of hydrogen-bond donors (Lipinski definition) is 5. The zero-order valence-electron chi connectivity index (χ0n) is 9.41. The Bertz CT molecular complexity index is 475. The van der Waals surface area contributed by atoms with E-state index in [4.69, 9.17) is 16.6 Å². The fraction of sp³-hybridized carbons (Fsp3) is 0.273. The molecule has 1 amide bonds. The highest BCUT2D eigenvalue weighted by molar-refractivity contribution is 5.91. The summed E-state index contributed by atoms with van der Waals surface area (Å²) >= 11 is 0. The lowest BCUT2D eigenvalue weighted by atomic mass is 9.95. The average Bonchev–Trinajstić information content (AvgIpc) is 2.26. The van der Waals surface area contributed by atoms with Crippen molar-refractivity contribution in [2.45, 2.75) is 18.6 Å². The van der Waals surface area contributed by atoms with Crippen molar-refractivity contribution in [3.05, 3.63) is 29.3 Å². The zero-order chi connectivity index (χ0) is 13.9. The summed E-state index contributed by atoms with van der Waals surface area (Å²) < 4.78 is 0. The molecule has 0 heterocycles. The molecule has 0 aliphatic carbocycles. The first-order chi connectivity index (χ1) is 8.34. The van der Waals surface area contributed by atoms with E-state index in [0.717, 1.165) is 0 Å². The molecule has 0 saturated heterocycles. The molecule has 7 nitrogen and oxygen atoms in total. The van der Waals surface area contributed by atoms with Crippen LogP contribution >= 0.6 is 0 Å². The first-order valence-corrected chi connectivity index (χ1v) is 5.10. The Morgan fingerprint density at radius 3 is 2.39 bits per heavy atom. The lowest BCUT2D eigenvalue weighted by Crippen LogP contribution is -2.27. The van der Waals surface area contributed by atoms with E-state index >= 15 is 0 Å². The van der Waals surface area contributed by atoms with Crippen LogP contribution in [-0.4, -0.2) is 33.3 Å². The van der Waals surface area contributed by atoms with Gasteiger partial charge in [0, 0.05) is 11.3 Å². The van der Waals surface area contributed by atoms with Crippen LogP contribution in [0.1, 0.15) is 28.4 Å². The zero-order valence-corrected chi connectivity index (χ0v) is 9.41. The fourth-order valence-electron chi connectivity index (χ4n) is 1.61. The number of nitrogen functional groups attached to an aromatic ring is 1. The van der Waals surface area contributed by atoms with Gasteiger partial charge < -0.3 is 26.8 Å². The molecule has 1 aromatic carbocycles. The molecule has 0 aromatic heterocycles. The molecule has 2 unspecified atom stereocenters. The molecule has 0 radical (unpaired) electrons. The van der Waals surface area contributed by atoms with Crippen molar-refractivity contribution in [3.8, 4) is 0 Å². The van der Waals surface area contributed by atoms with Gasteiger partial charge in [0.05, 0.1) is 18.1 Å². The molecule has 0 saturated carbocycles. The summed E-state index contributed by atoms with van der Waals surface area (Å²) in [7, 11) is 0. The molecule has 0 aliphatic rings. The first kappa shape index (κ1) is 13.9. The summed E-state index contributed by atoms with van der Waals surface area (Å²) in [5.74, 6) is -2.10. The SMILES string of the molecule is NC(=O)CC(O)C(O)c1c(N)cccc1C(=O)O. The first-order valence-electron chi connectivity index (χ1n) is 5.10. The highest BCUT2D eigenvalue weighted by Crippen LogP contribution is 2.28. The van der Waals surface area contributed by atoms with Gasteiger partial charge in [-0.3, -0.25) is 4.79 Å². The predicted molar refractivity (Wildman–Crippen MR) is 62.6 cm³/mol. The quantitative estimate of drug-likeness (QED) is 0.436. The van der Waals surface area contributed by atoms with Gasteiger partial charge in [-0.1, -0.05) is 6.07 Å². The number of hydrogen-bond acceptors (Lipinski definition) is 5. The van der Waals surface area contributed by atoms with E-state index < -0.39 is 30.5 Å². The van der Waals surface area contributed by atoms with Crippen LogP contribution in [0.5, 0.6) is 0 Å². The van der Waals surface area contributed by atoms with Gasteiger partial charge in [-0.05, 0) is 12.1 Å². The Morgan fingerprint density at radius 2 is 1.89 bits per heavy atom. The lowest BCUT2D eigenvalue weighted by molar-refractivity contribution is -0.121.